The SMILES string of the molecule is O=C(Nc1nc2ccccc2[nH]1)Nn1c(/C=C/c2ccccc2)nc2ccccc2c1=O. The Hall–Kier alpha value is -4.72. The molecule has 32 heavy (non-hydrogen) atoms. The van der Waals surface area contributed by atoms with Gasteiger partial charge in [0, 0.05) is 0 Å². The van der Waals surface area contributed by atoms with Gasteiger partial charge in [0.05, 0.1) is 21.9 Å². The fourth-order valence-electron chi connectivity index (χ4n) is 3.35. The molecule has 8 nitrogen and oxygen atoms in total. The predicted molar refractivity (Wildman–Crippen MR) is 126 cm³/mol. The summed E-state index contributed by atoms with van der Waals surface area (Å²) >= 11 is 0. The largest absolute Gasteiger partial charge is 0.340 e. The van der Waals surface area contributed by atoms with Crippen molar-refractivity contribution < 1.29 is 4.79 Å². The summed E-state index contributed by atoms with van der Waals surface area (Å²) in [4.78, 5) is 37.7. The quantitative estimate of drug-likeness (QED) is 0.403. The first kappa shape index (κ1) is 19.3. The number of urea groups is 1. The smallest absolute Gasteiger partial charge is 0.324 e. The van der Waals surface area contributed by atoms with E-state index in [2.05, 4.69) is 25.7 Å². The lowest BCUT2D eigenvalue weighted by Gasteiger charge is -2.12. The van der Waals surface area contributed by atoms with Crippen LogP contribution >= 0.6 is 0 Å². The van der Waals surface area contributed by atoms with E-state index in [1.54, 1.807) is 24.3 Å². The van der Waals surface area contributed by atoms with Crippen LogP contribution in [0.3, 0.4) is 0 Å². The van der Waals surface area contributed by atoms with Crippen molar-refractivity contribution in [1.29, 1.82) is 0 Å². The molecule has 156 valence electrons. The van der Waals surface area contributed by atoms with Crippen LogP contribution in [0.15, 0.2) is 83.7 Å². The van der Waals surface area contributed by atoms with Crippen LogP contribution in [0.4, 0.5) is 10.7 Å². The van der Waals surface area contributed by atoms with Gasteiger partial charge in [0.1, 0.15) is 0 Å². The molecule has 0 atom stereocenters. The zero-order valence-electron chi connectivity index (χ0n) is 16.8. The molecule has 0 aliphatic carbocycles. The molecule has 0 aliphatic heterocycles. The summed E-state index contributed by atoms with van der Waals surface area (Å²) in [6, 6.07) is 23.4. The van der Waals surface area contributed by atoms with Gasteiger partial charge in [-0.05, 0) is 35.9 Å². The van der Waals surface area contributed by atoms with E-state index in [-0.39, 0.29) is 17.3 Å². The van der Waals surface area contributed by atoms with Gasteiger partial charge in [0.2, 0.25) is 5.95 Å². The van der Waals surface area contributed by atoms with E-state index in [0.29, 0.717) is 10.9 Å². The normalized spacial score (nSPS) is 11.2. The molecular weight excluding hydrogens is 404 g/mol. The molecule has 3 N–H and O–H groups in total. The van der Waals surface area contributed by atoms with Crippen LogP contribution in [-0.4, -0.2) is 25.7 Å². The Balaban J connectivity index is 1.49. The number of hydrogen-bond acceptors (Lipinski definition) is 4. The average Bonchev–Trinajstić information content (AvgIpc) is 3.22. The number of hydrogen-bond donors (Lipinski definition) is 3. The highest BCUT2D eigenvalue weighted by molar-refractivity contribution is 5.95. The number of carbonyl (C=O) groups excluding carboxylic acids is 1. The van der Waals surface area contributed by atoms with Crippen LogP contribution in [0.2, 0.25) is 0 Å². The van der Waals surface area contributed by atoms with Crippen molar-refractivity contribution in [2.75, 3.05) is 10.7 Å². The van der Waals surface area contributed by atoms with Crippen molar-refractivity contribution in [3.05, 3.63) is 101 Å². The topological polar surface area (TPSA) is 105 Å². The summed E-state index contributed by atoms with van der Waals surface area (Å²) in [6.07, 6.45) is 3.51. The minimum Gasteiger partial charge on any atom is -0.324 e. The third kappa shape index (κ3) is 3.84. The Labute approximate surface area is 182 Å². The van der Waals surface area contributed by atoms with E-state index in [1.807, 2.05) is 66.7 Å². The number of nitrogens with zero attached hydrogens (tertiary/aromatic N) is 3. The van der Waals surface area contributed by atoms with Crippen LogP contribution in [0.1, 0.15) is 11.4 Å². The van der Waals surface area contributed by atoms with Crippen molar-refractivity contribution in [1.82, 2.24) is 19.6 Å². The predicted octanol–water partition coefficient (Wildman–Crippen LogP) is 4.22. The van der Waals surface area contributed by atoms with Crippen molar-refractivity contribution in [3.8, 4) is 0 Å². The summed E-state index contributed by atoms with van der Waals surface area (Å²) in [7, 11) is 0. The standard InChI is InChI=1S/C24H18N6O2/c31-22-17-10-4-5-11-18(17)25-21(15-14-16-8-2-1-3-9-16)30(22)29-24(32)28-23-26-19-12-6-7-13-20(19)27-23/h1-15H,(H3,26,27,28,29,32)/b15-14+. The summed E-state index contributed by atoms with van der Waals surface area (Å²) in [6.45, 7) is 0. The van der Waals surface area contributed by atoms with Crippen LogP contribution in [-0.2, 0) is 0 Å². The fraction of sp³-hybridized carbons (Fsp3) is 0. The van der Waals surface area contributed by atoms with Gasteiger partial charge < -0.3 is 4.98 Å². The van der Waals surface area contributed by atoms with Gasteiger partial charge in [-0.15, -0.1) is 0 Å². The Morgan fingerprint density at radius 3 is 2.38 bits per heavy atom. The third-order valence-corrected chi connectivity index (χ3v) is 4.86. The van der Waals surface area contributed by atoms with E-state index < -0.39 is 6.03 Å². The number of carbonyl (C=O) groups is 1. The minimum absolute atomic E-state index is 0.270. The maximum atomic E-state index is 13.1. The molecule has 2 heterocycles. The van der Waals surface area contributed by atoms with E-state index in [4.69, 9.17) is 0 Å². The first-order valence-corrected chi connectivity index (χ1v) is 9.95. The molecular formula is C24H18N6O2. The lowest BCUT2D eigenvalue weighted by molar-refractivity contribution is 0.259. The molecule has 0 bridgehead atoms. The molecule has 8 heteroatoms. The van der Waals surface area contributed by atoms with Crippen molar-refractivity contribution in [3.63, 3.8) is 0 Å². The van der Waals surface area contributed by atoms with Crippen molar-refractivity contribution >= 4 is 46.1 Å². The second kappa shape index (κ2) is 8.19. The first-order valence-electron chi connectivity index (χ1n) is 9.95. The molecule has 0 aliphatic rings. The molecule has 0 saturated heterocycles. The Morgan fingerprint density at radius 1 is 0.844 bits per heavy atom. The van der Waals surface area contributed by atoms with E-state index >= 15 is 0 Å². The van der Waals surface area contributed by atoms with Gasteiger partial charge in [-0.1, -0.05) is 60.7 Å². The highest BCUT2D eigenvalue weighted by Crippen LogP contribution is 2.14. The van der Waals surface area contributed by atoms with Crippen LogP contribution < -0.4 is 16.3 Å². The number of aromatic nitrogens is 4. The zero-order chi connectivity index (χ0) is 21.9. The molecule has 0 radical (unpaired) electrons. The number of para-hydroxylation sites is 3. The summed E-state index contributed by atoms with van der Waals surface area (Å²) in [5.74, 6) is 0.559. The number of benzene rings is 3. The van der Waals surface area contributed by atoms with E-state index in [9.17, 15) is 9.59 Å². The zero-order valence-corrected chi connectivity index (χ0v) is 16.8. The molecule has 0 unspecified atom stereocenters. The monoisotopic (exact) mass is 422 g/mol. The number of amides is 2. The molecule has 0 spiro atoms. The number of rotatable bonds is 4. The molecule has 0 saturated carbocycles. The second-order valence-electron chi connectivity index (χ2n) is 7.04. The maximum Gasteiger partial charge on any atom is 0.340 e. The molecule has 3 aromatic carbocycles. The van der Waals surface area contributed by atoms with Crippen molar-refractivity contribution in [2.45, 2.75) is 0 Å². The van der Waals surface area contributed by atoms with Gasteiger partial charge in [0.25, 0.3) is 5.56 Å². The Morgan fingerprint density at radius 2 is 1.56 bits per heavy atom. The van der Waals surface area contributed by atoms with Gasteiger partial charge in [0.15, 0.2) is 5.82 Å². The average molecular weight is 422 g/mol. The highest BCUT2D eigenvalue weighted by Gasteiger charge is 2.13. The summed E-state index contributed by atoms with van der Waals surface area (Å²) < 4.78 is 1.12. The Kier molecular flexibility index (Phi) is 4.93. The Bertz CT molecular complexity index is 1490. The number of anilines is 1. The summed E-state index contributed by atoms with van der Waals surface area (Å²) in [5, 5.41) is 3.02. The number of aromatic amines is 1. The van der Waals surface area contributed by atoms with Gasteiger partial charge in [-0.3, -0.25) is 10.1 Å². The van der Waals surface area contributed by atoms with Gasteiger partial charge >= 0.3 is 6.03 Å². The fourth-order valence-corrected chi connectivity index (χ4v) is 3.35. The molecule has 2 amide bonds. The summed E-state index contributed by atoms with van der Waals surface area (Å²) in [5.41, 5.74) is 5.19. The lowest BCUT2D eigenvalue weighted by Crippen LogP contribution is -2.37. The number of fused-ring (bicyclic) bond motifs is 2. The molecule has 5 rings (SSSR count). The maximum absolute atomic E-state index is 13.1. The van der Waals surface area contributed by atoms with Crippen molar-refractivity contribution in [2.24, 2.45) is 0 Å². The van der Waals surface area contributed by atoms with E-state index in [0.717, 1.165) is 21.3 Å². The highest BCUT2D eigenvalue weighted by atomic mass is 16.2. The first-order chi connectivity index (χ1) is 15.7. The van der Waals surface area contributed by atoms with E-state index in [1.165, 1.54) is 0 Å². The van der Waals surface area contributed by atoms with Crippen LogP contribution in [0.5, 0.6) is 0 Å². The third-order valence-electron chi connectivity index (χ3n) is 4.86. The number of nitrogens with one attached hydrogen (secondary N) is 3. The van der Waals surface area contributed by atoms with Crippen LogP contribution in [0.25, 0.3) is 34.1 Å². The van der Waals surface area contributed by atoms with Crippen LogP contribution in [0, 0.1) is 0 Å². The number of imidazole rings is 1. The van der Waals surface area contributed by atoms with Gasteiger partial charge in [-0.25, -0.2) is 20.2 Å². The minimum atomic E-state index is -0.627. The van der Waals surface area contributed by atoms with Gasteiger partial charge in [-0.2, -0.15) is 4.68 Å². The molecule has 5 aromatic rings. The lowest BCUT2D eigenvalue weighted by atomic mass is 10.2. The molecule has 0 fully saturated rings. The molecule has 2 aromatic heterocycles. The second-order valence-corrected chi connectivity index (χ2v) is 7.04. The number of H-pyrrole nitrogens is 1.